The van der Waals surface area contributed by atoms with E-state index in [9.17, 15) is 0 Å². The number of benzene rings is 2. The summed E-state index contributed by atoms with van der Waals surface area (Å²) in [5.74, 6) is 4.07. The molecule has 27 heavy (non-hydrogen) atoms. The first-order valence-electron chi connectivity index (χ1n) is 9.34. The molecule has 3 aliphatic rings. The molecule has 0 spiro atoms. The van der Waals surface area contributed by atoms with Crippen LogP contribution in [0.5, 0.6) is 11.5 Å². The quantitative estimate of drug-likeness (QED) is 0.401. The molecule has 0 saturated heterocycles. The van der Waals surface area contributed by atoms with Crippen molar-refractivity contribution in [3.63, 3.8) is 0 Å². The summed E-state index contributed by atoms with van der Waals surface area (Å²) in [6, 6.07) is 14.6. The largest absolute Gasteiger partial charge is 0.490 e. The molecule has 0 amide bonds. The molecule has 3 unspecified atom stereocenters. The molecule has 3 N–H and O–H groups in total. The van der Waals surface area contributed by atoms with E-state index in [4.69, 9.17) is 15.2 Å². The summed E-state index contributed by atoms with van der Waals surface area (Å²) in [6.07, 6.45) is 2.09. The Kier molecular flexibility index (Phi) is 5.16. The fourth-order valence-electron chi connectivity index (χ4n) is 4.36. The van der Waals surface area contributed by atoms with Gasteiger partial charge in [-0.05, 0) is 47.4 Å². The van der Waals surface area contributed by atoms with Gasteiger partial charge in [0.05, 0.1) is 13.2 Å². The molecule has 2 aromatic carbocycles. The van der Waals surface area contributed by atoms with Crippen LogP contribution >= 0.6 is 24.0 Å². The summed E-state index contributed by atoms with van der Waals surface area (Å²) in [4.78, 5) is 4.58. The molecule has 0 radical (unpaired) electrons. The van der Waals surface area contributed by atoms with Gasteiger partial charge < -0.3 is 20.5 Å². The smallest absolute Gasteiger partial charge is 0.193 e. The Labute approximate surface area is 176 Å². The summed E-state index contributed by atoms with van der Waals surface area (Å²) in [5, 5.41) is 3.17. The van der Waals surface area contributed by atoms with Crippen molar-refractivity contribution < 1.29 is 9.47 Å². The van der Waals surface area contributed by atoms with E-state index in [-0.39, 0.29) is 24.0 Å². The van der Waals surface area contributed by atoms with Crippen molar-refractivity contribution in [3.8, 4) is 11.5 Å². The van der Waals surface area contributed by atoms with E-state index in [2.05, 4.69) is 34.6 Å². The molecular formula is C21H24IN3O2. The predicted octanol–water partition coefficient (Wildman–Crippen LogP) is 3.78. The molecule has 1 heterocycles. The number of hydrogen-bond acceptors (Lipinski definition) is 3. The molecule has 1 saturated carbocycles. The number of aliphatic imine (C=N–C) groups is 1. The van der Waals surface area contributed by atoms with Crippen LogP contribution in [0.1, 0.15) is 23.5 Å². The third kappa shape index (κ3) is 3.59. The second-order valence-electron chi connectivity index (χ2n) is 7.32. The first kappa shape index (κ1) is 18.4. The number of nitrogens with zero attached hydrogens (tertiary/aromatic N) is 1. The zero-order chi connectivity index (χ0) is 17.5. The van der Waals surface area contributed by atoms with Gasteiger partial charge in [-0.3, -0.25) is 4.99 Å². The van der Waals surface area contributed by atoms with Gasteiger partial charge in [0.25, 0.3) is 0 Å². The highest BCUT2D eigenvalue weighted by Crippen LogP contribution is 2.61. The third-order valence-electron chi connectivity index (χ3n) is 5.69. The van der Waals surface area contributed by atoms with E-state index in [1.807, 2.05) is 18.2 Å². The lowest BCUT2D eigenvalue weighted by molar-refractivity contribution is 0.297. The molecular weight excluding hydrogens is 453 g/mol. The van der Waals surface area contributed by atoms with Crippen LogP contribution in [0.4, 0.5) is 5.69 Å². The SMILES string of the molecule is I.NC(=NCC1C2Cc3ccccc3C12)Nc1ccc2c(c1)OCCCO2. The van der Waals surface area contributed by atoms with Crippen LogP contribution in [-0.4, -0.2) is 25.7 Å². The highest BCUT2D eigenvalue weighted by Gasteiger charge is 2.54. The van der Waals surface area contributed by atoms with E-state index in [0.29, 0.717) is 31.0 Å². The third-order valence-corrected chi connectivity index (χ3v) is 5.69. The maximum Gasteiger partial charge on any atom is 0.193 e. The van der Waals surface area contributed by atoms with E-state index in [0.717, 1.165) is 36.1 Å². The number of nitrogens with two attached hydrogens (primary N) is 1. The van der Waals surface area contributed by atoms with Crippen molar-refractivity contribution in [2.24, 2.45) is 22.6 Å². The van der Waals surface area contributed by atoms with Crippen LogP contribution in [0.15, 0.2) is 47.5 Å². The number of fused-ring (bicyclic) bond motifs is 4. The summed E-state index contributed by atoms with van der Waals surface area (Å²) in [6.45, 7) is 2.15. The Morgan fingerprint density at radius 3 is 2.81 bits per heavy atom. The topological polar surface area (TPSA) is 68.9 Å². The minimum Gasteiger partial charge on any atom is -0.490 e. The molecule has 1 aliphatic heterocycles. The highest BCUT2D eigenvalue weighted by molar-refractivity contribution is 14.0. The fourth-order valence-corrected chi connectivity index (χ4v) is 4.36. The Balaban J connectivity index is 0.00000180. The zero-order valence-corrected chi connectivity index (χ0v) is 17.4. The average Bonchev–Trinajstić information content (AvgIpc) is 3.28. The minimum absolute atomic E-state index is 0. The van der Waals surface area contributed by atoms with Gasteiger partial charge in [0.2, 0.25) is 0 Å². The lowest BCUT2D eigenvalue weighted by Gasteiger charge is -2.11. The number of nitrogens with one attached hydrogen (secondary N) is 1. The number of halogens is 1. The van der Waals surface area contributed by atoms with Crippen molar-refractivity contribution in [3.05, 3.63) is 53.6 Å². The van der Waals surface area contributed by atoms with Crippen molar-refractivity contribution in [2.75, 3.05) is 25.1 Å². The van der Waals surface area contributed by atoms with Gasteiger partial charge in [0.15, 0.2) is 17.5 Å². The summed E-state index contributed by atoms with van der Waals surface area (Å²) in [7, 11) is 0. The second kappa shape index (κ2) is 7.58. The number of ether oxygens (including phenoxy) is 2. The van der Waals surface area contributed by atoms with Gasteiger partial charge in [0, 0.05) is 24.7 Å². The lowest BCUT2D eigenvalue weighted by Crippen LogP contribution is -2.23. The van der Waals surface area contributed by atoms with Gasteiger partial charge in [-0.2, -0.15) is 0 Å². The summed E-state index contributed by atoms with van der Waals surface area (Å²) >= 11 is 0. The number of anilines is 1. The Morgan fingerprint density at radius 2 is 1.93 bits per heavy atom. The van der Waals surface area contributed by atoms with Gasteiger partial charge in [-0.25, -0.2) is 0 Å². The van der Waals surface area contributed by atoms with Crippen LogP contribution in [0, 0.1) is 11.8 Å². The molecule has 142 valence electrons. The second-order valence-corrected chi connectivity index (χ2v) is 7.32. The van der Waals surface area contributed by atoms with Crippen molar-refractivity contribution in [1.29, 1.82) is 0 Å². The monoisotopic (exact) mass is 477 g/mol. The van der Waals surface area contributed by atoms with E-state index < -0.39 is 0 Å². The first-order chi connectivity index (χ1) is 12.8. The van der Waals surface area contributed by atoms with Crippen LogP contribution in [-0.2, 0) is 6.42 Å². The van der Waals surface area contributed by atoms with Crippen LogP contribution in [0.2, 0.25) is 0 Å². The zero-order valence-electron chi connectivity index (χ0n) is 15.1. The van der Waals surface area contributed by atoms with Crippen LogP contribution in [0.3, 0.4) is 0 Å². The van der Waals surface area contributed by atoms with Gasteiger partial charge in [-0.1, -0.05) is 24.3 Å². The van der Waals surface area contributed by atoms with Crippen molar-refractivity contribution in [1.82, 2.24) is 0 Å². The Hall–Kier alpha value is -1.96. The Bertz CT molecular complexity index is 870. The Morgan fingerprint density at radius 1 is 1.11 bits per heavy atom. The standard InChI is InChI=1S/C21H23N3O2.HI/c22-21(24-14-6-7-18-19(11-14)26-9-3-8-25-18)23-12-17-16-10-13-4-1-2-5-15(13)20(16)17;/h1-2,4-7,11,16-17,20H,3,8-10,12H2,(H3,22,23,24);1H. The van der Waals surface area contributed by atoms with Crippen LogP contribution < -0.4 is 20.5 Å². The molecule has 5 nitrogen and oxygen atoms in total. The molecule has 0 aromatic heterocycles. The molecule has 1 fully saturated rings. The number of rotatable bonds is 3. The number of guanidine groups is 1. The van der Waals surface area contributed by atoms with Gasteiger partial charge >= 0.3 is 0 Å². The van der Waals surface area contributed by atoms with Gasteiger partial charge in [0.1, 0.15) is 0 Å². The summed E-state index contributed by atoms with van der Waals surface area (Å²) < 4.78 is 11.4. The highest BCUT2D eigenvalue weighted by atomic mass is 127. The molecule has 3 atom stereocenters. The van der Waals surface area contributed by atoms with E-state index in [1.54, 1.807) is 0 Å². The predicted molar refractivity (Wildman–Crippen MR) is 117 cm³/mol. The molecule has 2 aromatic rings. The lowest BCUT2D eigenvalue weighted by atomic mass is 10.0. The summed E-state index contributed by atoms with van der Waals surface area (Å²) in [5.41, 5.74) is 10.0. The normalized spacial score (nSPS) is 24.9. The maximum atomic E-state index is 6.10. The minimum atomic E-state index is 0. The average molecular weight is 477 g/mol. The first-order valence-corrected chi connectivity index (χ1v) is 9.34. The number of hydrogen-bond donors (Lipinski definition) is 2. The van der Waals surface area contributed by atoms with Crippen molar-refractivity contribution in [2.45, 2.75) is 18.8 Å². The van der Waals surface area contributed by atoms with Gasteiger partial charge in [-0.15, -0.1) is 24.0 Å². The van der Waals surface area contributed by atoms with Crippen LogP contribution in [0.25, 0.3) is 0 Å². The molecule has 0 bridgehead atoms. The van der Waals surface area contributed by atoms with Crippen molar-refractivity contribution >= 4 is 35.6 Å². The van der Waals surface area contributed by atoms with E-state index >= 15 is 0 Å². The fraction of sp³-hybridized carbons (Fsp3) is 0.381. The molecule has 5 rings (SSSR count). The van der Waals surface area contributed by atoms with E-state index in [1.165, 1.54) is 17.5 Å². The molecule has 6 heteroatoms. The molecule has 2 aliphatic carbocycles. The maximum absolute atomic E-state index is 6.10.